The molecular weight excluding hydrogens is 356 g/mol. The smallest absolute Gasteiger partial charge is 0.274 e. The van der Waals surface area contributed by atoms with E-state index in [4.69, 9.17) is 0 Å². The summed E-state index contributed by atoms with van der Waals surface area (Å²) >= 11 is 3.45. The maximum Gasteiger partial charge on any atom is 0.274 e. The van der Waals surface area contributed by atoms with E-state index in [1.54, 1.807) is 6.07 Å². The number of aryl methyl sites for hydroxylation is 1. The molecule has 2 N–H and O–H groups in total. The summed E-state index contributed by atoms with van der Waals surface area (Å²) in [6, 6.07) is 7.43. The van der Waals surface area contributed by atoms with E-state index < -0.39 is 0 Å². The van der Waals surface area contributed by atoms with Crippen LogP contribution in [0.15, 0.2) is 35.1 Å². The monoisotopic (exact) mass is 376 g/mol. The highest BCUT2D eigenvalue weighted by molar-refractivity contribution is 9.10. The molecule has 0 saturated heterocycles. The van der Waals surface area contributed by atoms with Crippen LogP contribution in [0.25, 0.3) is 0 Å². The van der Waals surface area contributed by atoms with Crippen LogP contribution in [-0.2, 0) is 0 Å². The number of aromatic nitrogens is 2. The minimum atomic E-state index is -0.256. The molecule has 1 heterocycles. The fourth-order valence-electron chi connectivity index (χ4n) is 2.08. The van der Waals surface area contributed by atoms with Crippen LogP contribution in [0.4, 0.5) is 11.5 Å². The molecule has 0 unspecified atom stereocenters. The standard InChI is InChI=1S/C17H21BrN4O/c1-3-4-5-8-19-16-10-15(20-11-21-16)17(23)22-14-7-6-12(2)9-13(14)18/h6-7,9-11H,3-5,8H2,1-2H3,(H,22,23)(H,19,20,21). The van der Waals surface area contributed by atoms with E-state index in [-0.39, 0.29) is 5.91 Å². The van der Waals surface area contributed by atoms with Crippen LogP contribution in [0.1, 0.15) is 42.2 Å². The number of nitrogens with zero attached hydrogens (tertiary/aromatic N) is 2. The van der Waals surface area contributed by atoms with Crippen LogP contribution in [0.2, 0.25) is 0 Å². The number of hydrogen-bond acceptors (Lipinski definition) is 4. The Labute approximate surface area is 145 Å². The molecule has 1 aromatic carbocycles. The van der Waals surface area contributed by atoms with E-state index in [0.717, 1.165) is 28.7 Å². The first-order valence-corrected chi connectivity index (χ1v) is 8.53. The molecule has 1 amide bonds. The second-order valence-corrected chi connectivity index (χ2v) is 6.21. The van der Waals surface area contributed by atoms with Crippen LogP contribution in [0.5, 0.6) is 0 Å². The zero-order valence-corrected chi connectivity index (χ0v) is 15.0. The van der Waals surface area contributed by atoms with Crippen molar-refractivity contribution in [2.45, 2.75) is 33.1 Å². The molecule has 2 aromatic rings. The molecule has 23 heavy (non-hydrogen) atoms. The van der Waals surface area contributed by atoms with Crippen molar-refractivity contribution in [1.82, 2.24) is 9.97 Å². The molecule has 6 heteroatoms. The van der Waals surface area contributed by atoms with Crippen molar-refractivity contribution in [3.05, 3.63) is 46.3 Å². The van der Waals surface area contributed by atoms with Crippen molar-refractivity contribution in [3.8, 4) is 0 Å². The van der Waals surface area contributed by atoms with Crippen LogP contribution in [0, 0.1) is 6.92 Å². The number of anilines is 2. The van der Waals surface area contributed by atoms with E-state index >= 15 is 0 Å². The Balaban J connectivity index is 2.01. The second kappa shape index (κ2) is 8.62. The molecule has 122 valence electrons. The Morgan fingerprint density at radius 1 is 1.22 bits per heavy atom. The van der Waals surface area contributed by atoms with E-state index in [0.29, 0.717) is 11.5 Å². The quantitative estimate of drug-likeness (QED) is 0.702. The van der Waals surface area contributed by atoms with Crippen LogP contribution < -0.4 is 10.6 Å². The molecule has 0 fully saturated rings. The molecule has 0 atom stereocenters. The van der Waals surface area contributed by atoms with Crippen LogP contribution in [0.3, 0.4) is 0 Å². The minimum Gasteiger partial charge on any atom is -0.370 e. The van der Waals surface area contributed by atoms with Crippen LogP contribution in [-0.4, -0.2) is 22.4 Å². The minimum absolute atomic E-state index is 0.256. The summed E-state index contributed by atoms with van der Waals surface area (Å²) in [5, 5.41) is 6.07. The Morgan fingerprint density at radius 2 is 2.04 bits per heavy atom. The van der Waals surface area contributed by atoms with Gasteiger partial charge in [-0.2, -0.15) is 0 Å². The molecule has 0 bridgehead atoms. The third kappa shape index (κ3) is 5.32. The third-order valence-corrected chi connectivity index (χ3v) is 4.02. The molecule has 0 aliphatic carbocycles. The molecule has 0 saturated carbocycles. The second-order valence-electron chi connectivity index (χ2n) is 5.36. The van der Waals surface area contributed by atoms with Gasteiger partial charge >= 0.3 is 0 Å². The van der Waals surface area contributed by atoms with Gasteiger partial charge in [-0.15, -0.1) is 0 Å². The number of rotatable bonds is 7. The zero-order chi connectivity index (χ0) is 16.7. The number of carbonyl (C=O) groups excluding carboxylic acids is 1. The zero-order valence-electron chi connectivity index (χ0n) is 13.4. The molecule has 0 spiro atoms. The molecule has 5 nitrogen and oxygen atoms in total. The Bertz CT molecular complexity index is 675. The molecule has 0 radical (unpaired) electrons. The largest absolute Gasteiger partial charge is 0.370 e. The highest BCUT2D eigenvalue weighted by atomic mass is 79.9. The number of nitrogens with one attached hydrogen (secondary N) is 2. The average Bonchev–Trinajstić information content (AvgIpc) is 2.54. The number of amides is 1. The number of unbranched alkanes of at least 4 members (excludes halogenated alkanes) is 2. The Morgan fingerprint density at radius 3 is 2.78 bits per heavy atom. The van der Waals surface area contributed by atoms with Crippen molar-refractivity contribution in [2.24, 2.45) is 0 Å². The van der Waals surface area contributed by atoms with Gasteiger partial charge < -0.3 is 10.6 Å². The number of benzene rings is 1. The highest BCUT2D eigenvalue weighted by Crippen LogP contribution is 2.23. The lowest BCUT2D eigenvalue weighted by molar-refractivity contribution is 0.102. The topological polar surface area (TPSA) is 66.9 Å². The fraction of sp³-hybridized carbons (Fsp3) is 0.353. The Hall–Kier alpha value is -1.95. The lowest BCUT2D eigenvalue weighted by Gasteiger charge is -2.09. The SMILES string of the molecule is CCCCCNc1cc(C(=O)Nc2ccc(C)cc2Br)ncn1. The Kier molecular flexibility index (Phi) is 6.52. The first-order chi connectivity index (χ1) is 11.1. The van der Waals surface area contributed by atoms with Crippen molar-refractivity contribution in [1.29, 1.82) is 0 Å². The van der Waals surface area contributed by atoms with Gasteiger partial charge in [0, 0.05) is 17.1 Å². The van der Waals surface area contributed by atoms with Crippen molar-refractivity contribution >= 4 is 33.3 Å². The van der Waals surface area contributed by atoms with Crippen molar-refractivity contribution in [3.63, 3.8) is 0 Å². The fourth-order valence-corrected chi connectivity index (χ4v) is 2.67. The van der Waals surface area contributed by atoms with Gasteiger partial charge in [0.05, 0.1) is 5.69 Å². The van der Waals surface area contributed by atoms with E-state index in [9.17, 15) is 4.79 Å². The third-order valence-electron chi connectivity index (χ3n) is 3.36. The van der Waals surface area contributed by atoms with Gasteiger partial charge in [-0.3, -0.25) is 4.79 Å². The molecule has 0 aliphatic rings. The van der Waals surface area contributed by atoms with Gasteiger partial charge in [0.15, 0.2) is 0 Å². The van der Waals surface area contributed by atoms with Gasteiger partial charge in [-0.05, 0) is 47.0 Å². The summed E-state index contributed by atoms with van der Waals surface area (Å²) in [6.07, 6.45) is 4.83. The van der Waals surface area contributed by atoms with Crippen molar-refractivity contribution in [2.75, 3.05) is 17.2 Å². The van der Waals surface area contributed by atoms with Crippen molar-refractivity contribution < 1.29 is 4.79 Å². The summed E-state index contributed by atoms with van der Waals surface area (Å²) in [5.74, 6) is 0.415. The lowest BCUT2D eigenvalue weighted by atomic mass is 10.2. The molecule has 2 rings (SSSR count). The number of hydrogen-bond donors (Lipinski definition) is 2. The number of halogens is 1. The van der Waals surface area contributed by atoms with Gasteiger partial charge in [-0.25, -0.2) is 9.97 Å². The summed E-state index contributed by atoms with van der Waals surface area (Å²) < 4.78 is 0.845. The highest BCUT2D eigenvalue weighted by Gasteiger charge is 2.11. The predicted molar refractivity (Wildman–Crippen MR) is 96.9 cm³/mol. The first kappa shape index (κ1) is 17.4. The molecule has 0 aliphatic heterocycles. The van der Waals surface area contributed by atoms with Crippen LogP contribution >= 0.6 is 15.9 Å². The maximum absolute atomic E-state index is 12.3. The molecular formula is C17H21BrN4O. The molecule has 1 aromatic heterocycles. The first-order valence-electron chi connectivity index (χ1n) is 7.73. The summed E-state index contributed by atoms with van der Waals surface area (Å²) in [6.45, 7) is 5.00. The van der Waals surface area contributed by atoms with E-state index in [1.165, 1.54) is 19.2 Å². The van der Waals surface area contributed by atoms with Gasteiger partial charge in [0.2, 0.25) is 0 Å². The van der Waals surface area contributed by atoms with Gasteiger partial charge in [-0.1, -0.05) is 25.8 Å². The summed E-state index contributed by atoms with van der Waals surface area (Å²) in [4.78, 5) is 20.5. The maximum atomic E-state index is 12.3. The number of carbonyl (C=O) groups is 1. The summed E-state index contributed by atoms with van der Waals surface area (Å²) in [5.41, 5.74) is 2.18. The summed E-state index contributed by atoms with van der Waals surface area (Å²) in [7, 11) is 0. The average molecular weight is 377 g/mol. The lowest BCUT2D eigenvalue weighted by Crippen LogP contribution is -2.15. The van der Waals surface area contributed by atoms with Gasteiger partial charge in [0.25, 0.3) is 5.91 Å². The van der Waals surface area contributed by atoms with E-state index in [1.807, 2.05) is 25.1 Å². The van der Waals surface area contributed by atoms with E-state index in [2.05, 4.69) is 43.5 Å². The van der Waals surface area contributed by atoms with Gasteiger partial charge in [0.1, 0.15) is 17.8 Å². The normalized spacial score (nSPS) is 10.4. The predicted octanol–water partition coefficient (Wildman–Crippen LogP) is 4.40.